The van der Waals surface area contributed by atoms with E-state index in [1.54, 1.807) is 0 Å². The first-order chi connectivity index (χ1) is 4.57. The SMILES string of the molecule is CC(=O)N1CC(F)(CO)C1. The van der Waals surface area contributed by atoms with Crippen molar-refractivity contribution in [2.24, 2.45) is 0 Å². The summed E-state index contributed by atoms with van der Waals surface area (Å²) in [6, 6.07) is 0. The van der Waals surface area contributed by atoms with Crippen molar-refractivity contribution in [1.29, 1.82) is 0 Å². The Kier molecular flexibility index (Phi) is 1.64. The molecule has 1 amide bonds. The van der Waals surface area contributed by atoms with Gasteiger partial charge in [-0.3, -0.25) is 4.79 Å². The van der Waals surface area contributed by atoms with Gasteiger partial charge in [0.1, 0.15) is 0 Å². The molecule has 1 N–H and O–H groups in total. The lowest BCUT2D eigenvalue weighted by molar-refractivity contribution is -0.146. The van der Waals surface area contributed by atoms with Crippen LogP contribution in [0.5, 0.6) is 0 Å². The second-order valence-corrected chi connectivity index (χ2v) is 2.68. The average Bonchev–Trinajstić information content (AvgIpc) is 1.80. The highest BCUT2D eigenvalue weighted by Gasteiger charge is 2.44. The molecule has 3 nitrogen and oxygen atoms in total. The second kappa shape index (κ2) is 2.20. The minimum Gasteiger partial charge on any atom is -0.393 e. The molecular weight excluding hydrogens is 137 g/mol. The molecule has 0 saturated carbocycles. The van der Waals surface area contributed by atoms with Crippen LogP contribution in [0.25, 0.3) is 0 Å². The lowest BCUT2D eigenvalue weighted by atomic mass is 9.98. The number of aliphatic hydroxyl groups is 1. The van der Waals surface area contributed by atoms with E-state index in [9.17, 15) is 9.18 Å². The van der Waals surface area contributed by atoms with Gasteiger partial charge in [0, 0.05) is 6.92 Å². The van der Waals surface area contributed by atoms with Crippen LogP contribution in [0.4, 0.5) is 4.39 Å². The van der Waals surface area contributed by atoms with E-state index >= 15 is 0 Å². The number of hydrogen-bond acceptors (Lipinski definition) is 2. The Morgan fingerprint density at radius 1 is 1.80 bits per heavy atom. The number of halogens is 1. The van der Waals surface area contributed by atoms with Crippen molar-refractivity contribution in [3.05, 3.63) is 0 Å². The molecule has 0 aromatic rings. The van der Waals surface area contributed by atoms with Crippen LogP contribution >= 0.6 is 0 Å². The van der Waals surface area contributed by atoms with Crippen molar-refractivity contribution in [2.75, 3.05) is 19.7 Å². The molecule has 1 aliphatic rings. The van der Waals surface area contributed by atoms with Gasteiger partial charge in [0.2, 0.25) is 5.91 Å². The first-order valence-corrected chi connectivity index (χ1v) is 3.13. The number of rotatable bonds is 1. The summed E-state index contributed by atoms with van der Waals surface area (Å²) in [5, 5.41) is 8.43. The Hall–Kier alpha value is -0.640. The van der Waals surface area contributed by atoms with Crippen molar-refractivity contribution < 1.29 is 14.3 Å². The molecule has 0 aromatic carbocycles. The zero-order valence-corrected chi connectivity index (χ0v) is 5.80. The highest BCUT2D eigenvalue weighted by Crippen LogP contribution is 2.24. The van der Waals surface area contributed by atoms with Crippen LogP contribution in [0, 0.1) is 0 Å². The fraction of sp³-hybridized carbons (Fsp3) is 0.833. The summed E-state index contributed by atoms with van der Waals surface area (Å²) in [5.41, 5.74) is -1.52. The van der Waals surface area contributed by atoms with E-state index in [0.717, 1.165) is 0 Å². The molecule has 1 fully saturated rings. The van der Waals surface area contributed by atoms with Crippen LogP contribution < -0.4 is 0 Å². The highest BCUT2D eigenvalue weighted by molar-refractivity contribution is 5.74. The van der Waals surface area contributed by atoms with E-state index in [1.807, 2.05) is 0 Å². The Labute approximate surface area is 58.4 Å². The van der Waals surface area contributed by atoms with Gasteiger partial charge in [0.15, 0.2) is 5.67 Å². The van der Waals surface area contributed by atoms with E-state index in [1.165, 1.54) is 11.8 Å². The number of aliphatic hydroxyl groups excluding tert-OH is 1. The molecule has 1 aliphatic heterocycles. The number of likely N-dealkylation sites (tertiary alicyclic amines) is 1. The van der Waals surface area contributed by atoms with Gasteiger partial charge in [-0.15, -0.1) is 0 Å². The van der Waals surface area contributed by atoms with Crippen LogP contribution in [0.15, 0.2) is 0 Å². The van der Waals surface area contributed by atoms with Gasteiger partial charge in [0.05, 0.1) is 19.7 Å². The molecule has 0 radical (unpaired) electrons. The maximum atomic E-state index is 12.8. The predicted molar refractivity (Wildman–Crippen MR) is 33.2 cm³/mol. The van der Waals surface area contributed by atoms with Gasteiger partial charge in [-0.25, -0.2) is 4.39 Å². The Morgan fingerprint density at radius 3 is 2.60 bits per heavy atom. The monoisotopic (exact) mass is 147 g/mol. The van der Waals surface area contributed by atoms with E-state index in [0.29, 0.717) is 0 Å². The molecule has 4 heteroatoms. The minimum atomic E-state index is -1.52. The second-order valence-electron chi connectivity index (χ2n) is 2.68. The van der Waals surface area contributed by atoms with Crippen LogP contribution in [-0.2, 0) is 4.79 Å². The van der Waals surface area contributed by atoms with Crippen LogP contribution in [0.3, 0.4) is 0 Å². The van der Waals surface area contributed by atoms with Gasteiger partial charge in [-0.05, 0) is 0 Å². The molecule has 1 heterocycles. The predicted octanol–water partition coefficient (Wildman–Crippen LogP) is -0.451. The quantitative estimate of drug-likeness (QED) is 0.545. The van der Waals surface area contributed by atoms with E-state index in [-0.39, 0.29) is 19.0 Å². The van der Waals surface area contributed by atoms with Crippen LogP contribution in [-0.4, -0.2) is 41.3 Å². The normalized spacial score (nSPS) is 22.1. The van der Waals surface area contributed by atoms with Crippen molar-refractivity contribution in [2.45, 2.75) is 12.6 Å². The first kappa shape index (κ1) is 7.47. The van der Waals surface area contributed by atoms with E-state index in [4.69, 9.17) is 5.11 Å². The van der Waals surface area contributed by atoms with Gasteiger partial charge in [0.25, 0.3) is 0 Å². The Bertz CT molecular complexity index is 154. The van der Waals surface area contributed by atoms with E-state index < -0.39 is 12.3 Å². The average molecular weight is 147 g/mol. The van der Waals surface area contributed by atoms with Crippen molar-refractivity contribution in [3.63, 3.8) is 0 Å². The number of amides is 1. The topological polar surface area (TPSA) is 40.5 Å². The molecule has 0 aromatic heterocycles. The maximum absolute atomic E-state index is 12.8. The lowest BCUT2D eigenvalue weighted by Crippen LogP contribution is -2.62. The third kappa shape index (κ3) is 1.11. The number of carbonyl (C=O) groups is 1. The summed E-state index contributed by atoms with van der Waals surface area (Å²) in [6.07, 6.45) is 0. The smallest absolute Gasteiger partial charge is 0.219 e. The fourth-order valence-electron chi connectivity index (χ4n) is 0.960. The lowest BCUT2D eigenvalue weighted by Gasteiger charge is -2.42. The molecule has 58 valence electrons. The molecule has 0 unspecified atom stereocenters. The maximum Gasteiger partial charge on any atom is 0.219 e. The molecule has 1 rings (SSSR count). The third-order valence-corrected chi connectivity index (χ3v) is 1.68. The number of carbonyl (C=O) groups excluding carboxylic acids is 1. The summed E-state index contributed by atoms with van der Waals surface area (Å²) < 4.78 is 12.8. The Morgan fingerprint density at radius 2 is 2.30 bits per heavy atom. The largest absolute Gasteiger partial charge is 0.393 e. The molecular formula is C6H10FNO2. The standard InChI is InChI=1S/C6H10FNO2/c1-5(10)8-2-6(7,3-8)4-9/h9H,2-4H2,1H3. The van der Waals surface area contributed by atoms with Gasteiger partial charge in [-0.1, -0.05) is 0 Å². The highest BCUT2D eigenvalue weighted by atomic mass is 19.1. The minimum absolute atomic E-state index is 0.0405. The number of nitrogens with zero attached hydrogens (tertiary/aromatic N) is 1. The summed E-state index contributed by atoms with van der Waals surface area (Å²) >= 11 is 0. The molecule has 10 heavy (non-hydrogen) atoms. The summed E-state index contributed by atoms with van der Waals surface area (Å²) in [7, 11) is 0. The van der Waals surface area contributed by atoms with Crippen molar-refractivity contribution in [1.82, 2.24) is 4.90 Å². The van der Waals surface area contributed by atoms with Gasteiger partial charge in [-0.2, -0.15) is 0 Å². The molecule has 1 saturated heterocycles. The van der Waals surface area contributed by atoms with Gasteiger partial charge >= 0.3 is 0 Å². The van der Waals surface area contributed by atoms with Crippen molar-refractivity contribution in [3.8, 4) is 0 Å². The number of hydrogen-bond donors (Lipinski definition) is 1. The van der Waals surface area contributed by atoms with Gasteiger partial charge < -0.3 is 10.0 Å². The van der Waals surface area contributed by atoms with Crippen LogP contribution in [0.1, 0.15) is 6.92 Å². The zero-order chi connectivity index (χ0) is 7.78. The molecule has 0 aliphatic carbocycles. The van der Waals surface area contributed by atoms with E-state index in [2.05, 4.69) is 0 Å². The first-order valence-electron chi connectivity index (χ1n) is 3.13. The summed E-state index contributed by atoms with van der Waals surface area (Å²) in [4.78, 5) is 11.9. The molecule has 0 bridgehead atoms. The molecule has 0 atom stereocenters. The molecule has 0 spiro atoms. The fourth-order valence-corrected chi connectivity index (χ4v) is 0.960. The van der Waals surface area contributed by atoms with Crippen molar-refractivity contribution >= 4 is 5.91 Å². The van der Waals surface area contributed by atoms with Crippen LogP contribution in [0.2, 0.25) is 0 Å². The summed E-state index contributed by atoms with van der Waals surface area (Å²) in [5.74, 6) is -0.137. The number of alkyl halides is 1. The Balaban J connectivity index is 2.36. The zero-order valence-electron chi connectivity index (χ0n) is 5.80. The third-order valence-electron chi connectivity index (χ3n) is 1.68. The summed E-state index contributed by atoms with van der Waals surface area (Å²) in [6.45, 7) is 0.978.